The number of amides is 1. The molecule has 0 aliphatic heterocycles. The number of nitrogens with one attached hydrogen (secondary N) is 1. The molecule has 1 aliphatic carbocycles. The highest BCUT2D eigenvalue weighted by Gasteiger charge is 2.39. The van der Waals surface area contributed by atoms with Gasteiger partial charge in [-0.3, -0.25) is 4.79 Å². The monoisotopic (exact) mass is 541 g/mol. The van der Waals surface area contributed by atoms with E-state index in [1.54, 1.807) is 12.1 Å². The number of anilines is 1. The number of carbonyl (C=O) groups excluding carboxylic acids is 1. The standard InChI is InChI=1S/C25H34Cl3N3O2Si/c1-25(2,3)34(4,5)33-19-8-6-16(7-9-19)10-18-13-23(30-15-29-18)31-24(32)14-20-21(27)11-17(26)12-22(20)28/h11-13,15-16,19H,6-10,14H2,1-5H3,(H,29,30,31,32). The van der Waals surface area contributed by atoms with Crippen LogP contribution in [0.4, 0.5) is 5.82 Å². The van der Waals surface area contributed by atoms with Gasteiger partial charge < -0.3 is 9.74 Å². The zero-order valence-corrected chi connectivity index (χ0v) is 23.8. The van der Waals surface area contributed by atoms with E-state index in [4.69, 9.17) is 39.2 Å². The predicted octanol–water partition coefficient (Wildman–Crippen LogP) is 7.74. The molecular weight excluding hydrogens is 509 g/mol. The quantitative estimate of drug-likeness (QED) is 0.363. The zero-order valence-electron chi connectivity index (χ0n) is 20.6. The van der Waals surface area contributed by atoms with Crippen molar-refractivity contribution in [1.29, 1.82) is 0 Å². The van der Waals surface area contributed by atoms with Crippen LogP contribution in [0.15, 0.2) is 24.5 Å². The molecule has 34 heavy (non-hydrogen) atoms. The molecule has 1 aliphatic rings. The molecule has 0 atom stereocenters. The van der Waals surface area contributed by atoms with Crippen LogP contribution in [0.25, 0.3) is 0 Å². The molecule has 0 unspecified atom stereocenters. The Kier molecular flexibility index (Phi) is 9.07. The molecule has 1 fully saturated rings. The highest BCUT2D eigenvalue weighted by molar-refractivity contribution is 6.74. The van der Waals surface area contributed by atoms with Gasteiger partial charge in [-0.05, 0) is 73.9 Å². The van der Waals surface area contributed by atoms with Gasteiger partial charge in [-0.25, -0.2) is 9.97 Å². The van der Waals surface area contributed by atoms with Gasteiger partial charge in [-0.1, -0.05) is 55.6 Å². The Hall–Kier alpha value is -1.18. The Balaban J connectivity index is 1.53. The summed E-state index contributed by atoms with van der Waals surface area (Å²) in [6.07, 6.45) is 7.20. The number of aromatic nitrogens is 2. The van der Waals surface area contributed by atoms with Gasteiger partial charge >= 0.3 is 0 Å². The average molecular weight is 543 g/mol. The second-order valence-corrected chi connectivity index (χ2v) is 16.7. The fourth-order valence-electron chi connectivity index (χ4n) is 4.01. The van der Waals surface area contributed by atoms with Gasteiger partial charge in [0.1, 0.15) is 12.1 Å². The highest BCUT2D eigenvalue weighted by Crippen LogP contribution is 2.40. The number of hydrogen-bond donors (Lipinski definition) is 1. The smallest absolute Gasteiger partial charge is 0.230 e. The first kappa shape index (κ1) is 27.4. The third kappa shape index (κ3) is 7.41. The summed E-state index contributed by atoms with van der Waals surface area (Å²) in [5.74, 6) is 0.787. The average Bonchev–Trinajstić information content (AvgIpc) is 2.71. The SMILES string of the molecule is CC(C)(C)[Si](C)(C)OC1CCC(Cc2cc(NC(=O)Cc3c(Cl)cc(Cl)cc3Cl)ncn2)CC1. The lowest BCUT2D eigenvalue weighted by Crippen LogP contribution is -2.44. The van der Waals surface area contributed by atoms with Crippen LogP contribution in [0.5, 0.6) is 0 Å². The molecule has 1 aromatic carbocycles. The maximum Gasteiger partial charge on any atom is 0.230 e. The number of nitrogens with zero attached hydrogens (tertiary/aromatic N) is 2. The van der Waals surface area contributed by atoms with Crippen LogP contribution >= 0.6 is 34.8 Å². The summed E-state index contributed by atoms with van der Waals surface area (Å²) in [4.78, 5) is 21.2. The summed E-state index contributed by atoms with van der Waals surface area (Å²) in [6.45, 7) is 11.5. The van der Waals surface area contributed by atoms with E-state index >= 15 is 0 Å². The Morgan fingerprint density at radius 3 is 2.26 bits per heavy atom. The summed E-state index contributed by atoms with van der Waals surface area (Å²) < 4.78 is 6.62. The first-order chi connectivity index (χ1) is 15.8. The van der Waals surface area contributed by atoms with Crippen molar-refractivity contribution < 1.29 is 9.22 Å². The maximum atomic E-state index is 12.6. The molecule has 1 amide bonds. The van der Waals surface area contributed by atoms with Crippen LogP contribution in [-0.2, 0) is 22.1 Å². The largest absolute Gasteiger partial charge is 0.414 e. The third-order valence-corrected chi connectivity index (χ3v) is 12.4. The van der Waals surface area contributed by atoms with Crippen molar-refractivity contribution in [1.82, 2.24) is 9.97 Å². The molecule has 2 aromatic rings. The van der Waals surface area contributed by atoms with Crippen molar-refractivity contribution >= 4 is 54.8 Å². The predicted molar refractivity (Wildman–Crippen MR) is 144 cm³/mol. The molecule has 186 valence electrons. The van der Waals surface area contributed by atoms with E-state index in [1.807, 2.05) is 6.07 Å². The molecule has 1 saturated carbocycles. The van der Waals surface area contributed by atoms with Crippen LogP contribution in [0.3, 0.4) is 0 Å². The van der Waals surface area contributed by atoms with Crippen LogP contribution in [0.2, 0.25) is 33.2 Å². The normalized spacial score (nSPS) is 19.2. The molecule has 1 aromatic heterocycles. The molecule has 5 nitrogen and oxygen atoms in total. The van der Waals surface area contributed by atoms with Gasteiger partial charge in [0.2, 0.25) is 5.91 Å². The lowest BCUT2D eigenvalue weighted by atomic mass is 9.84. The second kappa shape index (κ2) is 11.3. The fraction of sp³-hybridized carbons (Fsp3) is 0.560. The van der Waals surface area contributed by atoms with Crippen molar-refractivity contribution in [3.63, 3.8) is 0 Å². The molecule has 3 rings (SSSR count). The van der Waals surface area contributed by atoms with Gasteiger partial charge in [0.05, 0.1) is 6.42 Å². The summed E-state index contributed by atoms with van der Waals surface area (Å²) >= 11 is 18.4. The van der Waals surface area contributed by atoms with E-state index in [0.717, 1.165) is 37.8 Å². The number of benzene rings is 1. The van der Waals surface area contributed by atoms with Crippen LogP contribution < -0.4 is 5.32 Å². The summed E-state index contributed by atoms with van der Waals surface area (Å²) in [7, 11) is -1.73. The molecule has 0 bridgehead atoms. The molecule has 0 spiro atoms. The Labute approximate surface area is 219 Å². The topological polar surface area (TPSA) is 64.1 Å². The van der Waals surface area contributed by atoms with Gasteiger partial charge in [-0.2, -0.15) is 0 Å². The maximum absolute atomic E-state index is 12.6. The molecule has 0 radical (unpaired) electrons. The Bertz CT molecular complexity index is 996. The van der Waals surface area contributed by atoms with E-state index in [-0.39, 0.29) is 17.4 Å². The van der Waals surface area contributed by atoms with Crippen LogP contribution in [0, 0.1) is 5.92 Å². The van der Waals surface area contributed by atoms with Crippen molar-refractivity contribution in [2.75, 3.05) is 5.32 Å². The minimum absolute atomic E-state index is 0.0341. The molecule has 1 N–H and O–H groups in total. The molecule has 9 heteroatoms. The first-order valence-corrected chi connectivity index (χ1v) is 15.8. The van der Waals surface area contributed by atoms with Crippen molar-refractivity contribution in [2.45, 2.75) is 83.5 Å². The van der Waals surface area contributed by atoms with Gasteiger partial charge in [-0.15, -0.1) is 0 Å². The van der Waals surface area contributed by atoms with Gasteiger partial charge in [0, 0.05) is 32.9 Å². The molecular formula is C25H34Cl3N3O2Si. The van der Waals surface area contributed by atoms with Crippen molar-refractivity contribution in [3.05, 3.63) is 50.9 Å². The second-order valence-electron chi connectivity index (χ2n) is 10.7. The van der Waals surface area contributed by atoms with Gasteiger partial charge in [0.25, 0.3) is 0 Å². The number of rotatable bonds is 7. The first-order valence-electron chi connectivity index (χ1n) is 11.8. The Morgan fingerprint density at radius 2 is 1.68 bits per heavy atom. The van der Waals surface area contributed by atoms with E-state index in [2.05, 4.69) is 49.1 Å². The lowest BCUT2D eigenvalue weighted by molar-refractivity contribution is -0.115. The van der Waals surface area contributed by atoms with Crippen LogP contribution in [-0.4, -0.2) is 30.3 Å². The number of carbonyl (C=O) groups is 1. The summed E-state index contributed by atoms with van der Waals surface area (Å²) in [5.41, 5.74) is 1.47. The van der Waals surface area contributed by atoms with Crippen molar-refractivity contribution in [2.24, 2.45) is 5.92 Å². The number of halogens is 3. The summed E-state index contributed by atoms with van der Waals surface area (Å²) in [6, 6.07) is 5.00. The van der Waals surface area contributed by atoms with Crippen molar-refractivity contribution in [3.8, 4) is 0 Å². The molecule has 1 heterocycles. The third-order valence-electron chi connectivity index (χ3n) is 6.99. The minimum Gasteiger partial charge on any atom is -0.414 e. The minimum atomic E-state index is -1.73. The number of hydrogen-bond acceptors (Lipinski definition) is 4. The van der Waals surface area contributed by atoms with Gasteiger partial charge in [0.15, 0.2) is 8.32 Å². The van der Waals surface area contributed by atoms with E-state index < -0.39 is 8.32 Å². The Morgan fingerprint density at radius 1 is 1.06 bits per heavy atom. The molecule has 0 saturated heterocycles. The van der Waals surface area contributed by atoms with E-state index in [9.17, 15) is 4.79 Å². The zero-order chi connectivity index (χ0) is 25.1. The lowest BCUT2D eigenvalue weighted by Gasteiger charge is -2.41. The summed E-state index contributed by atoms with van der Waals surface area (Å²) in [5, 5.41) is 4.22. The fourth-order valence-corrected chi connectivity index (χ4v) is 6.38. The van der Waals surface area contributed by atoms with E-state index in [1.165, 1.54) is 6.33 Å². The van der Waals surface area contributed by atoms with Crippen LogP contribution in [0.1, 0.15) is 57.7 Å². The highest BCUT2D eigenvalue weighted by atomic mass is 35.5. The van der Waals surface area contributed by atoms with E-state index in [0.29, 0.717) is 38.5 Å².